The molecule has 0 saturated heterocycles. The van der Waals surface area contributed by atoms with Gasteiger partial charge in [-0.15, -0.1) is 24.0 Å². The summed E-state index contributed by atoms with van der Waals surface area (Å²) in [5, 5.41) is 7.66. The highest BCUT2D eigenvalue weighted by atomic mass is 127. The molecule has 2 N–H and O–H groups in total. The average Bonchev–Trinajstić information content (AvgIpc) is 3.10. The first kappa shape index (κ1) is 18.6. The largest absolute Gasteiger partial charge is 0.356 e. The van der Waals surface area contributed by atoms with Crippen molar-refractivity contribution in [3.63, 3.8) is 0 Å². The normalized spacial score (nSPS) is 21.5. The number of rotatable bonds is 4. The van der Waals surface area contributed by atoms with E-state index in [9.17, 15) is 0 Å². The van der Waals surface area contributed by atoms with Crippen molar-refractivity contribution in [1.82, 2.24) is 10.6 Å². The first-order chi connectivity index (χ1) is 9.44. The standard InChI is InChI=1S/C16H24ClN3.HI/c1-11-9-14(11)20-15(18-4)19-10-16(2,3)12-7-5-6-8-13(12)17;/h5-8,11,14H,9-10H2,1-4H3,(H2,18,19,20);1H. The fourth-order valence-corrected chi connectivity index (χ4v) is 2.69. The Kier molecular flexibility index (Phi) is 6.78. The van der Waals surface area contributed by atoms with Crippen LogP contribution in [0.15, 0.2) is 29.3 Å². The van der Waals surface area contributed by atoms with Crippen LogP contribution < -0.4 is 10.6 Å². The van der Waals surface area contributed by atoms with Gasteiger partial charge in [0.15, 0.2) is 5.96 Å². The van der Waals surface area contributed by atoms with Gasteiger partial charge in [-0.3, -0.25) is 4.99 Å². The minimum absolute atomic E-state index is 0. The second-order valence-electron chi connectivity index (χ2n) is 6.25. The highest BCUT2D eigenvalue weighted by molar-refractivity contribution is 14.0. The molecule has 0 heterocycles. The topological polar surface area (TPSA) is 36.4 Å². The summed E-state index contributed by atoms with van der Waals surface area (Å²) in [6, 6.07) is 8.59. The van der Waals surface area contributed by atoms with Crippen molar-refractivity contribution in [1.29, 1.82) is 0 Å². The molecule has 1 aliphatic carbocycles. The smallest absolute Gasteiger partial charge is 0.191 e. The molecule has 0 spiro atoms. The first-order valence-corrected chi connectivity index (χ1v) is 7.54. The maximum Gasteiger partial charge on any atom is 0.191 e. The molecule has 0 bridgehead atoms. The lowest BCUT2D eigenvalue weighted by Crippen LogP contribution is -2.44. The summed E-state index contributed by atoms with van der Waals surface area (Å²) in [5.41, 5.74) is 1.11. The molecule has 1 fully saturated rings. The van der Waals surface area contributed by atoms with E-state index in [1.807, 2.05) is 25.2 Å². The van der Waals surface area contributed by atoms with Gasteiger partial charge in [-0.2, -0.15) is 0 Å². The van der Waals surface area contributed by atoms with Gasteiger partial charge in [-0.1, -0.05) is 50.6 Å². The minimum Gasteiger partial charge on any atom is -0.356 e. The highest BCUT2D eigenvalue weighted by Gasteiger charge is 2.33. The Balaban J connectivity index is 0.00000220. The SMILES string of the molecule is CN=C(NCC(C)(C)c1ccccc1Cl)NC1CC1C.I. The van der Waals surface area contributed by atoms with Gasteiger partial charge in [0.05, 0.1) is 0 Å². The van der Waals surface area contributed by atoms with Crippen molar-refractivity contribution in [2.24, 2.45) is 10.9 Å². The van der Waals surface area contributed by atoms with Crippen LogP contribution in [-0.2, 0) is 5.41 Å². The Hall–Kier alpha value is -0.490. The number of guanidine groups is 1. The fraction of sp³-hybridized carbons (Fsp3) is 0.562. The van der Waals surface area contributed by atoms with E-state index in [0.29, 0.717) is 6.04 Å². The van der Waals surface area contributed by atoms with Gasteiger partial charge in [-0.05, 0) is 24.0 Å². The van der Waals surface area contributed by atoms with Crippen molar-refractivity contribution in [3.8, 4) is 0 Å². The lowest BCUT2D eigenvalue weighted by atomic mass is 9.84. The van der Waals surface area contributed by atoms with E-state index in [4.69, 9.17) is 11.6 Å². The van der Waals surface area contributed by atoms with Crippen LogP contribution in [0.1, 0.15) is 32.8 Å². The van der Waals surface area contributed by atoms with E-state index in [2.05, 4.69) is 42.5 Å². The molecule has 1 aromatic carbocycles. The molecule has 21 heavy (non-hydrogen) atoms. The van der Waals surface area contributed by atoms with Gasteiger partial charge in [0.1, 0.15) is 0 Å². The Morgan fingerprint density at radius 3 is 2.52 bits per heavy atom. The number of halogens is 2. The zero-order valence-corrected chi connectivity index (χ0v) is 16.2. The van der Waals surface area contributed by atoms with Crippen LogP contribution in [0.3, 0.4) is 0 Å². The number of aliphatic imine (C=N–C) groups is 1. The first-order valence-electron chi connectivity index (χ1n) is 7.16. The van der Waals surface area contributed by atoms with Crippen LogP contribution in [0, 0.1) is 5.92 Å². The van der Waals surface area contributed by atoms with E-state index in [0.717, 1.165) is 29.0 Å². The van der Waals surface area contributed by atoms with Gasteiger partial charge >= 0.3 is 0 Å². The molecule has 2 unspecified atom stereocenters. The summed E-state index contributed by atoms with van der Waals surface area (Å²) in [4.78, 5) is 4.28. The zero-order chi connectivity index (χ0) is 14.8. The monoisotopic (exact) mass is 421 g/mol. The second kappa shape index (κ2) is 7.68. The fourth-order valence-electron chi connectivity index (χ4n) is 2.30. The van der Waals surface area contributed by atoms with Crippen molar-refractivity contribution in [2.45, 2.75) is 38.6 Å². The Labute approximate surface area is 150 Å². The number of hydrogen-bond acceptors (Lipinski definition) is 1. The third-order valence-corrected chi connectivity index (χ3v) is 4.29. The van der Waals surface area contributed by atoms with Gasteiger partial charge in [-0.25, -0.2) is 0 Å². The summed E-state index contributed by atoms with van der Waals surface area (Å²) in [6.45, 7) is 7.42. The van der Waals surface area contributed by atoms with E-state index in [1.165, 1.54) is 6.42 Å². The van der Waals surface area contributed by atoms with E-state index in [1.54, 1.807) is 0 Å². The van der Waals surface area contributed by atoms with Gasteiger partial charge in [0.2, 0.25) is 0 Å². The van der Waals surface area contributed by atoms with Gasteiger partial charge in [0.25, 0.3) is 0 Å². The van der Waals surface area contributed by atoms with Crippen molar-refractivity contribution < 1.29 is 0 Å². The molecule has 2 rings (SSSR count). The Morgan fingerprint density at radius 1 is 1.38 bits per heavy atom. The highest BCUT2D eigenvalue weighted by Crippen LogP contribution is 2.30. The van der Waals surface area contributed by atoms with Crippen LogP contribution in [0.25, 0.3) is 0 Å². The van der Waals surface area contributed by atoms with E-state index >= 15 is 0 Å². The number of nitrogens with zero attached hydrogens (tertiary/aromatic N) is 1. The van der Waals surface area contributed by atoms with Crippen LogP contribution in [0.5, 0.6) is 0 Å². The molecular formula is C16H25ClIN3. The summed E-state index contributed by atoms with van der Waals surface area (Å²) in [5.74, 6) is 1.63. The molecule has 1 aromatic rings. The molecule has 1 saturated carbocycles. The zero-order valence-electron chi connectivity index (χ0n) is 13.1. The van der Waals surface area contributed by atoms with Crippen LogP contribution in [-0.4, -0.2) is 25.6 Å². The molecule has 118 valence electrons. The Morgan fingerprint density at radius 2 is 2.00 bits per heavy atom. The maximum atomic E-state index is 6.30. The van der Waals surface area contributed by atoms with Gasteiger partial charge in [0, 0.05) is 30.1 Å². The quantitative estimate of drug-likeness (QED) is 0.441. The number of nitrogens with one attached hydrogen (secondary N) is 2. The van der Waals surface area contributed by atoms with Gasteiger partial charge < -0.3 is 10.6 Å². The van der Waals surface area contributed by atoms with Crippen molar-refractivity contribution in [3.05, 3.63) is 34.9 Å². The Bertz CT molecular complexity index is 502. The third kappa shape index (κ3) is 5.02. The lowest BCUT2D eigenvalue weighted by Gasteiger charge is -2.27. The van der Waals surface area contributed by atoms with Crippen LogP contribution in [0.2, 0.25) is 5.02 Å². The van der Waals surface area contributed by atoms with Crippen molar-refractivity contribution >= 4 is 41.5 Å². The second-order valence-corrected chi connectivity index (χ2v) is 6.66. The van der Waals surface area contributed by atoms with Crippen LogP contribution in [0.4, 0.5) is 0 Å². The maximum absolute atomic E-state index is 6.30. The molecule has 0 radical (unpaired) electrons. The summed E-state index contributed by atoms with van der Waals surface area (Å²) < 4.78 is 0. The lowest BCUT2D eigenvalue weighted by molar-refractivity contribution is 0.508. The summed E-state index contributed by atoms with van der Waals surface area (Å²) >= 11 is 6.30. The number of benzene rings is 1. The minimum atomic E-state index is -0.0505. The van der Waals surface area contributed by atoms with E-state index < -0.39 is 0 Å². The molecule has 5 heteroatoms. The molecule has 3 nitrogen and oxygen atoms in total. The molecule has 1 aliphatic rings. The molecule has 0 amide bonds. The molecule has 2 atom stereocenters. The van der Waals surface area contributed by atoms with Crippen LogP contribution >= 0.6 is 35.6 Å². The predicted molar refractivity (Wildman–Crippen MR) is 102 cm³/mol. The van der Waals surface area contributed by atoms with E-state index in [-0.39, 0.29) is 29.4 Å². The predicted octanol–water partition coefficient (Wildman–Crippen LogP) is 3.81. The summed E-state index contributed by atoms with van der Waals surface area (Å²) in [7, 11) is 1.81. The third-order valence-electron chi connectivity index (χ3n) is 3.96. The van der Waals surface area contributed by atoms with Crippen molar-refractivity contribution in [2.75, 3.05) is 13.6 Å². The average molecular weight is 422 g/mol. The molecule has 0 aromatic heterocycles. The molecular weight excluding hydrogens is 397 g/mol. The summed E-state index contributed by atoms with van der Waals surface area (Å²) in [6.07, 6.45) is 1.23. The number of hydrogen-bond donors (Lipinski definition) is 2. The molecule has 0 aliphatic heterocycles.